The van der Waals surface area contributed by atoms with Gasteiger partial charge in [0, 0.05) is 32.8 Å². The largest absolute Gasteiger partial charge is 0.433 e. The summed E-state index contributed by atoms with van der Waals surface area (Å²) in [5.74, 6) is 0.500. The molecule has 25 heavy (non-hydrogen) atoms. The zero-order chi connectivity index (χ0) is 18.4. The molecule has 0 unspecified atom stereocenters. The van der Waals surface area contributed by atoms with Gasteiger partial charge in [-0.2, -0.15) is 18.2 Å². The third kappa shape index (κ3) is 5.96. The van der Waals surface area contributed by atoms with Crippen LogP contribution in [0.25, 0.3) is 0 Å². The van der Waals surface area contributed by atoms with Crippen LogP contribution < -0.4 is 15.5 Å². The monoisotopic (exact) mass is 377 g/mol. The Morgan fingerprint density at radius 1 is 1.44 bits per heavy atom. The fourth-order valence-corrected chi connectivity index (χ4v) is 2.80. The summed E-state index contributed by atoms with van der Waals surface area (Å²) >= 11 is 5.05. The first-order valence-electron chi connectivity index (χ1n) is 8.04. The smallest absolute Gasteiger partial charge is 0.383 e. The average Bonchev–Trinajstić information content (AvgIpc) is 2.54. The van der Waals surface area contributed by atoms with Gasteiger partial charge in [0.1, 0.15) is 5.82 Å². The van der Waals surface area contributed by atoms with Crippen molar-refractivity contribution in [1.29, 1.82) is 0 Å². The molecule has 140 valence electrons. The second-order valence-corrected chi connectivity index (χ2v) is 6.41. The highest BCUT2D eigenvalue weighted by atomic mass is 32.1. The van der Waals surface area contributed by atoms with Crippen LogP contribution >= 0.6 is 12.2 Å². The lowest BCUT2D eigenvalue weighted by Gasteiger charge is -2.32. The van der Waals surface area contributed by atoms with Gasteiger partial charge in [-0.3, -0.25) is 0 Å². The highest BCUT2D eigenvalue weighted by molar-refractivity contribution is 7.80. The SMILES string of the molecule is COCCNC(=S)Nc1nc(N2CCC[C@H](C)C2)cc(C(F)(F)F)n1. The van der Waals surface area contributed by atoms with Gasteiger partial charge in [0.15, 0.2) is 10.8 Å². The molecule has 0 aliphatic carbocycles. The minimum atomic E-state index is -4.55. The van der Waals surface area contributed by atoms with Crippen LogP contribution in [0.15, 0.2) is 6.07 Å². The first-order chi connectivity index (χ1) is 11.8. The zero-order valence-corrected chi connectivity index (χ0v) is 15.0. The number of nitrogens with one attached hydrogen (secondary N) is 2. The van der Waals surface area contributed by atoms with E-state index in [2.05, 4.69) is 27.5 Å². The third-order valence-corrected chi connectivity index (χ3v) is 4.05. The van der Waals surface area contributed by atoms with Crippen molar-refractivity contribution in [3.8, 4) is 0 Å². The number of halogens is 3. The molecule has 1 aromatic rings. The standard InChI is InChI=1S/C15H22F3N5OS/c1-10-4-3-6-23(9-10)12-8-11(15(16,17)18)20-13(21-12)22-14(25)19-5-7-24-2/h8,10H,3-7,9H2,1-2H3,(H2,19,20,21,22,25)/t10-/m0/s1. The fourth-order valence-electron chi connectivity index (χ4n) is 2.61. The Bertz CT molecular complexity index is 599. The van der Waals surface area contributed by atoms with Crippen molar-refractivity contribution in [3.63, 3.8) is 0 Å². The molecule has 1 aromatic heterocycles. The van der Waals surface area contributed by atoms with Crippen molar-refractivity contribution >= 4 is 29.1 Å². The minimum absolute atomic E-state index is 0.148. The van der Waals surface area contributed by atoms with Gasteiger partial charge in [0.25, 0.3) is 0 Å². The van der Waals surface area contributed by atoms with Crippen LogP contribution in [0.2, 0.25) is 0 Å². The van der Waals surface area contributed by atoms with E-state index >= 15 is 0 Å². The number of piperidine rings is 1. The summed E-state index contributed by atoms with van der Waals surface area (Å²) < 4.78 is 44.4. The van der Waals surface area contributed by atoms with Gasteiger partial charge < -0.3 is 20.3 Å². The van der Waals surface area contributed by atoms with Gasteiger partial charge in [-0.15, -0.1) is 0 Å². The van der Waals surface area contributed by atoms with Gasteiger partial charge in [0.05, 0.1) is 6.61 Å². The molecule has 6 nitrogen and oxygen atoms in total. The minimum Gasteiger partial charge on any atom is -0.383 e. The van der Waals surface area contributed by atoms with E-state index in [9.17, 15) is 13.2 Å². The molecule has 1 saturated heterocycles. The topological polar surface area (TPSA) is 62.3 Å². The van der Waals surface area contributed by atoms with E-state index in [1.165, 1.54) is 0 Å². The summed E-state index contributed by atoms with van der Waals surface area (Å²) in [6, 6.07) is 0.991. The van der Waals surface area contributed by atoms with Crippen molar-refractivity contribution in [2.24, 2.45) is 5.92 Å². The maximum Gasteiger partial charge on any atom is 0.433 e. The molecule has 0 saturated carbocycles. The van der Waals surface area contributed by atoms with Crippen molar-refractivity contribution in [1.82, 2.24) is 15.3 Å². The second-order valence-electron chi connectivity index (χ2n) is 6.00. The molecule has 0 aromatic carbocycles. The number of anilines is 2. The van der Waals surface area contributed by atoms with Crippen LogP contribution in [0.1, 0.15) is 25.5 Å². The summed E-state index contributed by atoms with van der Waals surface area (Å²) in [7, 11) is 1.54. The molecular weight excluding hydrogens is 355 g/mol. The number of hydrogen-bond donors (Lipinski definition) is 2. The molecule has 0 radical (unpaired) electrons. The lowest BCUT2D eigenvalue weighted by molar-refractivity contribution is -0.141. The normalized spacial score (nSPS) is 18.1. The quantitative estimate of drug-likeness (QED) is 0.604. The van der Waals surface area contributed by atoms with Crippen LogP contribution in [0, 0.1) is 5.92 Å². The van der Waals surface area contributed by atoms with Gasteiger partial charge in [0.2, 0.25) is 5.95 Å². The van der Waals surface area contributed by atoms with E-state index in [-0.39, 0.29) is 16.9 Å². The molecule has 1 atom stereocenters. The molecule has 0 bridgehead atoms. The Kier molecular flexibility index (Phi) is 6.77. The van der Waals surface area contributed by atoms with Gasteiger partial charge in [-0.25, -0.2) is 4.98 Å². The van der Waals surface area contributed by atoms with Crippen LogP contribution in [-0.2, 0) is 10.9 Å². The molecule has 1 fully saturated rings. The highest BCUT2D eigenvalue weighted by Crippen LogP contribution is 2.31. The van der Waals surface area contributed by atoms with Gasteiger partial charge in [-0.05, 0) is 31.0 Å². The summed E-state index contributed by atoms with van der Waals surface area (Å²) in [4.78, 5) is 9.63. The lowest BCUT2D eigenvalue weighted by Crippen LogP contribution is -2.36. The fraction of sp³-hybridized carbons (Fsp3) is 0.667. The highest BCUT2D eigenvalue weighted by Gasteiger charge is 2.34. The van der Waals surface area contributed by atoms with E-state index in [4.69, 9.17) is 17.0 Å². The Morgan fingerprint density at radius 2 is 2.20 bits per heavy atom. The summed E-state index contributed by atoms with van der Waals surface area (Å²) in [5.41, 5.74) is -0.988. The predicted octanol–water partition coefficient (Wildman–Crippen LogP) is 2.66. The zero-order valence-electron chi connectivity index (χ0n) is 14.2. The van der Waals surface area contributed by atoms with Crippen LogP contribution in [0.4, 0.5) is 24.9 Å². The van der Waals surface area contributed by atoms with Crippen molar-refractivity contribution in [2.45, 2.75) is 25.9 Å². The molecule has 2 N–H and O–H groups in total. The summed E-state index contributed by atoms with van der Waals surface area (Å²) in [6.07, 6.45) is -2.57. The molecule has 0 amide bonds. The molecule has 10 heteroatoms. The molecule has 0 spiro atoms. The number of hydrogen-bond acceptors (Lipinski definition) is 5. The second kappa shape index (κ2) is 8.61. The average molecular weight is 377 g/mol. The number of methoxy groups -OCH3 is 1. The number of rotatable bonds is 5. The predicted molar refractivity (Wildman–Crippen MR) is 93.7 cm³/mol. The van der Waals surface area contributed by atoms with Crippen molar-refractivity contribution in [2.75, 3.05) is 43.6 Å². The third-order valence-electron chi connectivity index (χ3n) is 3.80. The molecular formula is C15H22F3N5OS. The molecule has 2 rings (SSSR count). The summed E-state index contributed by atoms with van der Waals surface area (Å²) in [6.45, 7) is 4.27. The number of thiocarbonyl (C=S) groups is 1. The maximum atomic E-state index is 13.2. The van der Waals surface area contributed by atoms with Crippen LogP contribution in [-0.4, -0.2) is 48.4 Å². The van der Waals surface area contributed by atoms with E-state index in [1.54, 1.807) is 7.11 Å². The Morgan fingerprint density at radius 3 is 2.84 bits per heavy atom. The molecule has 1 aliphatic rings. The Balaban J connectivity index is 2.20. The maximum absolute atomic E-state index is 13.2. The molecule has 2 heterocycles. The van der Waals surface area contributed by atoms with Gasteiger partial charge in [-0.1, -0.05) is 6.92 Å². The van der Waals surface area contributed by atoms with Crippen molar-refractivity contribution < 1.29 is 17.9 Å². The van der Waals surface area contributed by atoms with Crippen LogP contribution in [0.3, 0.4) is 0 Å². The number of alkyl halides is 3. The summed E-state index contributed by atoms with van der Waals surface area (Å²) in [5, 5.41) is 5.58. The van der Waals surface area contributed by atoms with E-state index < -0.39 is 11.9 Å². The molecule has 1 aliphatic heterocycles. The first-order valence-corrected chi connectivity index (χ1v) is 8.45. The number of ether oxygens (including phenoxy) is 1. The van der Waals surface area contributed by atoms with Crippen molar-refractivity contribution in [3.05, 3.63) is 11.8 Å². The Hall–Kier alpha value is -1.68. The van der Waals surface area contributed by atoms with E-state index in [0.29, 0.717) is 32.2 Å². The number of aromatic nitrogens is 2. The van der Waals surface area contributed by atoms with E-state index in [0.717, 1.165) is 18.9 Å². The first kappa shape index (κ1) is 19.6. The van der Waals surface area contributed by atoms with Crippen LogP contribution in [0.5, 0.6) is 0 Å². The van der Waals surface area contributed by atoms with E-state index in [1.807, 2.05) is 4.90 Å². The Labute approximate surface area is 150 Å². The number of nitrogens with zero attached hydrogens (tertiary/aromatic N) is 3. The lowest BCUT2D eigenvalue weighted by atomic mass is 10.0. The van der Waals surface area contributed by atoms with Gasteiger partial charge >= 0.3 is 6.18 Å².